The molecule has 44 heavy (non-hydrogen) atoms. The average Bonchev–Trinajstić information content (AvgIpc) is 3.68. The van der Waals surface area contributed by atoms with Crippen molar-refractivity contribution in [2.75, 3.05) is 6.54 Å². The Morgan fingerprint density at radius 3 is 2.25 bits per heavy atom. The number of carbonyl (C=O) groups excluding carboxylic acids is 6. The smallest absolute Gasteiger partial charge is 0.316 e. The maximum atomic E-state index is 14.3. The van der Waals surface area contributed by atoms with E-state index in [0.717, 1.165) is 19.3 Å². The first-order valence-electron chi connectivity index (χ1n) is 15.6. The van der Waals surface area contributed by atoms with Crippen LogP contribution in [0.3, 0.4) is 0 Å². The molecule has 1 aliphatic heterocycles. The molecule has 11 nitrogen and oxygen atoms in total. The number of nitrogens with zero attached hydrogens (tertiary/aromatic N) is 1. The van der Waals surface area contributed by atoms with Crippen molar-refractivity contribution in [1.29, 1.82) is 0 Å². The number of carbonyl (C=O) groups is 6. The molecule has 12 heteroatoms. The van der Waals surface area contributed by atoms with Crippen LogP contribution in [0.5, 0.6) is 0 Å². The highest BCUT2D eigenvalue weighted by molar-refractivity contribution is 7.12. The molecule has 1 aromatic heterocycles. The Kier molecular flexibility index (Phi) is 9.63. The van der Waals surface area contributed by atoms with Gasteiger partial charge in [0.2, 0.25) is 17.6 Å². The summed E-state index contributed by atoms with van der Waals surface area (Å²) < 4.78 is 0. The number of likely N-dealkylation sites (tertiary alicyclic amines) is 1. The summed E-state index contributed by atoms with van der Waals surface area (Å²) in [5, 5.41) is 10.2. The lowest BCUT2D eigenvalue weighted by atomic mass is 9.85. The van der Waals surface area contributed by atoms with E-state index in [4.69, 9.17) is 5.73 Å². The van der Waals surface area contributed by atoms with E-state index in [1.807, 2.05) is 34.6 Å². The summed E-state index contributed by atoms with van der Waals surface area (Å²) in [6.07, 6.45) is 2.99. The van der Waals surface area contributed by atoms with Gasteiger partial charge >= 0.3 is 6.03 Å². The Morgan fingerprint density at radius 1 is 1.09 bits per heavy atom. The normalized spacial score (nSPS) is 26.3. The third kappa shape index (κ3) is 6.84. The fraction of sp³-hybridized carbons (Fsp3) is 0.688. The zero-order chi connectivity index (χ0) is 32.7. The van der Waals surface area contributed by atoms with Crippen LogP contribution in [0.15, 0.2) is 17.5 Å². The third-order valence-corrected chi connectivity index (χ3v) is 10.7. The number of amides is 5. The summed E-state index contributed by atoms with van der Waals surface area (Å²) in [6.45, 7) is 13.6. The number of fused-ring (bicyclic) bond motifs is 1. The first-order chi connectivity index (χ1) is 20.5. The van der Waals surface area contributed by atoms with Crippen LogP contribution in [-0.2, 0) is 19.2 Å². The first-order valence-corrected chi connectivity index (χ1v) is 16.5. The van der Waals surface area contributed by atoms with Gasteiger partial charge in [0, 0.05) is 6.54 Å². The quantitative estimate of drug-likeness (QED) is 0.193. The lowest BCUT2D eigenvalue weighted by molar-refractivity contribution is -0.145. The highest BCUT2D eigenvalue weighted by Gasteiger charge is 2.71. The van der Waals surface area contributed by atoms with E-state index in [0.29, 0.717) is 17.8 Å². The van der Waals surface area contributed by atoms with Crippen molar-refractivity contribution in [2.24, 2.45) is 40.2 Å². The van der Waals surface area contributed by atoms with Gasteiger partial charge in [-0.3, -0.25) is 24.0 Å². The van der Waals surface area contributed by atoms with Gasteiger partial charge in [-0.2, -0.15) is 0 Å². The van der Waals surface area contributed by atoms with Crippen molar-refractivity contribution in [3.05, 3.63) is 22.4 Å². The van der Waals surface area contributed by atoms with Gasteiger partial charge < -0.3 is 26.6 Å². The zero-order valence-corrected chi connectivity index (χ0v) is 27.6. The Morgan fingerprint density at radius 2 is 1.75 bits per heavy atom. The van der Waals surface area contributed by atoms with E-state index in [9.17, 15) is 28.8 Å². The van der Waals surface area contributed by atoms with Crippen LogP contribution in [0.25, 0.3) is 0 Å². The first kappa shape index (κ1) is 33.6. The van der Waals surface area contributed by atoms with Crippen molar-refractivity contribution >= 4 is 46.7 Å². The number of hydrogen-bond acceptors (Lipinski definition) is 7. The fourth-order valence-corrected chi connectivity index (χ4v) is 7.44. The van der Waals surface area contributed by atoms with Gasteiger partial charge in [0.05, 0.1) is 17.0 Å². The second kappa shape index (κ2) is 12.6. The highest BCUT2D eigenvalue weighted by Crippen LogP contribution is 2.67. The van der Waals surface area contributed by atoms with Gasteiger partial charge in [0.1, 0.15) is 12.1 Å². The van der Waals surface area contributed by atoms with E-state index in [1.54, 1.807) is 17.5 Å². The summed E-state index contributed by atoms with van der Waals surface area (Å²) in [7, 11) is 0. The molecule has 7 atom stereocenters. The van der Waals surface area contributed by atoms with Gasteiger partial charge in [0.25, 0.3) is 5.91 Å². The standard InChI is InChI=1S/C32H47N5O6S/c1-8-32(7)18-15-37(23(21(18)32)28(41)34-19(14-17-11-12-17)24(38)27(33)40)29(42)26(31(4,5)6)36-30(43)35-22(16(2)3)25(39)20-10-9-13-44-20/h9-10,13,16-19,21-23,26H,8,11-12,14-15H2,1-7H3,(H2,33,40)(H,34,41)(H2,35,36,43)/t18-,19?,21-,22-,23-,26+,32?/m0/s1. The number of thiophene rings is 1. The van der Waals surface area contributed by atoms with E-state index in [2.05, 4.69) is 29.8 Å². The van der Waals surface area contributed by atoms with Crippen LogP contribution in [-0.4, -0.2) is 70.9 Å². The molecular formula is C32H47N5O6S. The van der Waals surface area contributed by atoms with Crippen molar-refractivity contribution in [3.8, 4) is 0 Å². The van der Waals surface area contributed by atoms with Crippen LogP contribution in [0.2, 0.25) is 0 Å². The molecule has 4 rings (SSSR count). The number of primary amides is 1. The molecular weight excluding hydrogens is 582 g/mol. The van der Waals surface area contributed by atoms with Crippen LogP contribution < -0.4 is 21.7 Å². The number of nitrogens with two attached hydrogens (primary N) is 1. The van der Waals surface area contributed by atoms with Gasteiger partial charge in [-0.05, 0) is 52.4 Å². The predicted octanol–water partition coefficient (Wildman–Crippen LogP) is 2.88. The molecule has 1 saturated heterocycles. The van der Waals surface area contributed by atoms with Crippen molar-refractivity contribution in [1.82, 2.24) is 20.9 Å². The lowest BCUT2D eigenvalue weighted by Crippen LogP contribution is -2.62. The number of rotatable bonds is 13. The summed E-state index contributed by atoms with van der Waals surface area (Å²) in [5.41, 5.74) is 4.42. The van der Waals surface area contributed by atoms with Crippen molar-refractivity contribution < 1.29 is 28.8 Å². The highest BCUT2D eigenvalue weighted by atomic mass is 32.1. The van der Waals surface area contributed by atoms with Crippen molar-refractivity contribution in [2.45, 2.75) is 98.3 Å². The molecule has 2 saturated carbocycles. The van der Waals surface area contributed by atoms with Gasteiger partial charge in [-0.1, -0.05) is 73.8 Å². The molecule has 3 aliphatic rings. The number of piperidine rings is 1. The molecule has 3 fully saturated rings. The number of Topliss-reactive ketones (excluding diaryl/α,β-unsaturated/α-hetero) is 2. The molecule has 2 heterocycles. The van der Waals surface area contributed by atoms with Crippen LogP contribution in [0, 0.1) is 34.5 Å². The van der Waals surface area contributed by atoms with Crippen LogP contribution in [0.1, 0.15) is 83.8 Å². The Bertz CT molecular complexity index is 1300. The molecule has 242 valence electrons. The van der Waals surface area contributed by atoms with Crippen molar-refractivity contribution in [3.63, 3.8) is 0 Å². The minimum Gasteiger partial charge on any atom is -0.363 e. The molecule has 0 aromatic carbocycles. The second-order valence-corrected chi connectivity index (χ2v) is 15.3. The Hall–Kier alpha value is -3.28. The summed E-state index contributed by atoms with van der Waals surface area (Å²) in [4.78, 5) is 81.0. The third-order valence-electron chi connectivity index (χ3n) is 9.85. The van der Waals surface area contributed by atoms with E-state index >= 15 is 0 Å². The fourth-order valence-electron chi connectivity index (χ4n) is 6.73. The monoisotopic (exact) mass is 629 g/mol. The van der Waals surface area contributed by atoms with Crippen LogP contribution >= 0.6 is 11.3 Å². The zero-order valence-electron chi connectivity index (χ0n) is 26.8. The van der Waals surface area contributed by atoms with E-state index in [-0.39, 0.29) is 34.9 Å². The SMILES string of the molecule is CCC1(C)[C@@H]2[C@@H](C(=O)NC(CC3CC3)C(=O)C(N)=O)N(C(=O)[C@@H](NC(=O)N[C@H](C(=O)c3cccs3)C(C)C)C(C)(C)C)C[C@@H]21. The number of urea groups is 1. The number of nitrogens with one attached hydrogen (secondary N) is 3. The summed E-state index contributed by atoms with van der Waals surface area (Å²) in [5.74, 6) is -3.02. The minimum absolute atomic E-state index is 0.0871. The lowest BCUT2D eigenvalue weighted by Gasteiger charge is -2.38. The molecule has 0 spiro atoms. The Labute approximate surface area is 263 Å². The molecule has 2 aliphatic carbocycles. The van der Waals surface area contributed by atoms with Crippen LogP contribution in [0.4, 0.5) is 4.79 Å². The number of ketones is 2. The van der Waals surface area contributed by atoms with E-state index < -0.39 is 59.1 Å². The maximum absolute atomic E-state index is 14.3. The topological polar surface area (TPSA) is 168 Å². The van der Waals surface area contributed by atoms with Gasteiger partial charge in [0.15, 0.2) is 5.78 Å². The second-order valence-electron chi connectivity index (χ2n) is 14.4. The number of hydrogen-bond donors (Lipinski definition) is 4. The molecule has 0 bridgehead atoms. The molecule has 0 radical (unpaired) electrons. The molecule has 2 unspecified atom stereocenters. The minimum atomic E-state index is -1.10. The molecule has 5 N–H and O–H groups in total. The molecule has 5 amide bonds. The largest absolute Gasteiger partial charge is 0.363 e. The van der Waals surface area contributed by atoms with E-state index in [1.165, 1.54) is 16.2 Å². The van der Waals surface area contributed by atoms with Gasteiger partial charge in [-0.25, -0.2) is 4.79 Å². The molecule has 1 aromatic rings. The maximum Gasteiger partial charge on any atom is 0.316 e. The summed E-state index contributed by atoms with van der Waals surface area (Å²) in [6, 6.07) is -0.866. The van der Waals surface area contributed by atoms with Gasteiger partial charge in [-0.15, -0.1) is 11.3 Å². The summed E-state index contributed by atoms with van der Waals surface area (Å²) >= 11 is 1.30. The average molecular weight is 630 g/mol. The Balaban J connectivity index is 1.55. The predicted molar refractivity (Wildman–Crippen MR) is 167 cm³/mol.